The van der Waals surface area contributed by atoms with Crippen molar-refractivity contribution >= 4 is 46.4 Å². The summed E-state index contributed by atoms with van der Waals surface area (Å²) in [7, 11) is 0. The predicted molar refractivity (Wildman–Crippen MR) is 118 cm³/mol. The minimum atomic E-state index is 0.395. The van der Waals surface area contributed by atoms with E-state index in [0.717, 1.165) is 40.8 Å². The molecule has 3 aromatic rings. The number of halogens is 1. The minimum absolute atomic E-state index is 0.395. The Morgan fingerprint density at radius 3 is 2.86 bits per heavy atom. The molecule has 0 saturated carbocycles. The van der Waals surface area contributed by atoms with Crippen molar-refractivity contribution in [3.63, 3.8) is 0 Å². The van der Waals surface area contributed by atoms with E-state index in [1.807, 2.05) is 31.2 Å². The fourth-order valence-electron chi connectivity index (χ4n) is 2.88. The summed E-state index contributed by atoms with van der Waals surface area (Å²) >= 11 is 7.86. The number of rotatable bonds is 8. The second-order valence-corrected chi connectivity index (χ2v) is 8.24. The van der Waals surface area contributed by atoms with E-state index in [0.29, 0.717) is 22.4 Å². The summed E-state index contributed by atoms with van der Waals surface area (Å²) in [5, 5.41) is 4.97. The molecule has 0 aliphatic carbocycles. The van der Waals surface area contributed by atoms with Gasteiger partial charge in [-0.25, -0.2) is 15.0 Å². The third-order valence-corrected chi connectivity index (χ3v) is 5.28. The molecule has 2 aromatic heterocycles. The van der Waals surface area contributed by atoms with E-state index >= 15 is 0 Å². The van der Waals surface area contributed by atoms with Gasteiger partial charge in [-0.1, -0.05) is 49.4 Å². The summed E-state index contributed by atoms with van der Waals surface area (Å²) in [5.74, 6) is 0.395. The fourth-order valence-corrected chi connectivity index (χ4v) is 4.20. The second kappa shape index (κ2) is 9.41. The second-order valence-electron chi connectivity index (χ2n) is 6.76. The van der Waals surface area contributed by atoms with Crippen molar-refractivity contribution in [1.29, 1.82) is 0 Å². The Balaban J connectivity index is 1.93. The molecule has 3 rings (SSSR count). The number of imidazole rings is 1. The smallest absolute Gasteiger partial charge is 0.175 e. The third kappa shape index (κ3) is 5.04. The highest BCUT2D eigenvalue weighted by molar-refractivity contribution is 7.99. The van der Waals surface area contributed by atoms with Crippen molar-refractivity contribution in [3.8, 4) is 0 Å². The summed E-state index contributed by atoms with van der Waals surface area (Å²) in [6, 6.07) is 6.44. The van der Waals surface area contributed by atoms with Gasteiger partial charge in [-0.15, -0.1) is 0 Å². The van der Waals surface area contributed by atoms with Gasteiger partial charge in [0.05, 0.1) is 0 Å². The van der Waals surface area contributed by atoms with Crippen molar-refractivity contribution in [2.75, 3.05) is 12.3 Å². The van der Waals surface area contributed by atoms with Gasteiger partial charge in [-0.2, -0.15) is 0 Å². The number of anilines is 1. The lowest BCUT2D eigenvalue weighted by molar-refractivity contribution is 0.525. The first-order valence-electron chi connectivity index (χ1n) is 9.29. The largest absolute Gasteiger partial charge is 0.382 e. The average Bonchev–Trinajstić information content (AvgIpc) is 2.97. The van der Waals surface area contributed by atoms with E-state index in [1.54, 1.807) is 11.8 Å². The van der Waals surface area contributed by atoms with Gasteiger partial charge in [-0.05, 0) is 43.7 Å². The molecule has 3 N–H and O–H groups in total. The molecule has 0 atom stereocenters. The maximum atomic E-state index is 6.30. The van der Waals surface area contributed by atoms with Gasteiger partial charge in [0, 0.05) is 22.5 Å². The van der Waals surface area contributed by atoms with E-state index < -0.39 is 0 Å². The van der Waals surface area contributed by atoms with Crippen molar-refractivity contribution in [1.82, 2.24) is 24.8 Å². The zero-order chi connectivity index (χ0) is 20.1. The molecule has 1 aromatic carbocycles. The number of hydrogen-bond donors (Lipinski definition) is 2. The number of allylic oxidation sites excluding steroid dienone is 1. The molecule has 6 nitrogen and oxygen atoms in total. The number of aryl methyl sites for hydroxylation is 1. The van der Waals surface area contributed by atoms with Crippen LogP contribution in [0.15, 0.2) is 40.7 Å². The van der Waals surface area contributed by atoms with Crippen LogP contribution in [-0.2, 0) is 6.54 Å². The van der Waals surface area contributed by atoms with Crippen molar-refractivity contribution in [2.24, 2.45) is 0 Å². The fraction of sp³-hybridized carbons (Fsp3) is 0.350. The standard InChI is InChI=1S/C20H25ClN6S/c1-4-6-14-9-15(21)11-16(10-14)28-20-26-17-18(22)24-12-25-19(17)27(20)8-5-7-23-13(2)3/h4,6,9-13,23H,5,7-8H2,1-3H3,(H2,22,24,25). The quantitative estimate of drug-likeness (QED) is 0.521. The van der Waals surface area contributed by atoms with Gasteiger partial charge in [-0.3, -0.25) is 0 Å². The number of nitrogens with zero attached hydrogens (tertiary/aromatic N) is 4. The minimum Gasteiger partial charge on any atom is -0.382 e. The number of benzene rings is 1. The molecule has 0 spiro atoms. The van der Waals surface area contributed by atoms with E-state index in [4.69, 9.17) is 22.3 Å². The molecule has 0 amide bonds. The van der Waals surface area contributed by atoms with Gasteiger partial charge >= 0.3 is 0 Å². The monoisotopic (exact) mass is 416 g/mol. The van der Waals surface area contributed by atoms with Crippen LogP contribution >= 0.6 is 23.4 Å². The molecular weight excluding hydrogens is 392 g/mol. The number of nitrogen functional groups attached to an aromatic ring is 1. The molecule has 0 bridgehead atoms. The lowest BCUT2D eigenvalue weighted by atomic mass is 10.2. The van der Waals surface area contributed by atoms with Crippen LogP contribution in [0.25, 0.3) is 17.2 Å². The van der Waals surface area contributed by atoms with Gasteiger partial charge in [0.25, 0.3) is 0 Å². The van der Waals surface area contributed by atoms with Crippen LogP contribution in [0.2, 0.25) is 5.02 Å². The summed E-state index contributed by atoms with van der Waals surface area (Å²) in [6.45, 7) is 7.98. The van der Waals surface area contributed by atoms with Gasteiger partial charge in [0.1, 0.15) is 6.33 Å². The Bertz CT molecular complexity index is 982. The van der Waals surface area contributed by atoms with Crippen molar-refractivity contribution in [2.45, 2.75) is 49.8 Å². The summed E-state index contributed by atoms with van der Waals surface area (Å²) in [6.07, 6.45) is 6.47. The Labute approximate surface area is 174 Å². The highest BCUT2D eigenvalue weighted by Gasteiger charge is 2.16. The molecule has 8 heteroatoms. The Hall–Kier alpha value is -2.09. The Morgan fingerprint density at radius 1 is 1.29 bits per heavy atom. The average molecular weight is 417 g/mol. The van der Waals surface area contributed by atoms with E-state index in [1.165, 1.54) is 6.33 Å². The van der Waals surface area contributed by atoms with Crippen molar-refractivity contribution < 1.29 is 0 Å². The number of hydrogen-bond acceptors (Lipinski definition) is 6. The lowest BCUT2D eigenvalue weighted by Gasteiger charge is -2.11. The van der Waals surface area contributed by atoms with Crippen LogP contribution in [0, 0.1) is 0 Å². The zero-order valence-corrected chi connectivity index (χ0v) is 17.9. The highest BCUT2D eigenvalue weighted by Crippen LogP contribution is 2.33. The van der Waals surface area contributed by atoms with E-state index in [2.05, 4.69) is 39.8 Å². The van der Waals surface area contributed by atoms with E-state index in [-0.39, 0.29) is 0 Å². The predicted octanol–water partition coefficient (Wildman–Crippen LogP) is 4.63. The first kappa shape index (κ1) is 20.6. The summed E-state index contributed by atoms with van der Waals surface area (Å²) < 4.78 is 2.11. The molecule has 0 unspecified atom stereocenters. The number of aromatic nitrogens is 4. The van der Waals surface area contributed by atoms with Gasteiger partial charge in [0.2, 0.25) is 0 Å². The van der Waals surface area contributed by atoms with Crippen LogP contribution in [0.3, 0.4) is 0 Å². The van der Waals surface area contributed by atoms with Gasteiger partial charge in [0.15, 0.2) is 22.1 Å². The maximum Gasteiger partial charge on any atom is 0.175 e. The van der Waals surface area contributed by atoms with Crippen LogP contribution in [0.1, 0.15) is 32.8 Å². The topological polar surface area (TPSA) is 81.7 Å². The zero-order valence-electron chi connectivity index (χ0n) is 16.3. The van der Waals surface area contributed by atoms with Crippen LogP contribution in [0.4, 0.5) is 5.82 Å². The van der Waals surface area contributed by atoms with Crippen molar-refractivity contribution in [3.05, 3.63) is 41.2 Å². The normalized spacial score (nSPS) is 11.9. The van der Waals surface area contributed by atoms with E-state index in [9.17, 15) is 0 Å². The van der Waals surface area contributed by atoms with Crippen LogP contribution in [0.5, 0.6) is 0 Å². The van der Waals surface area contributed by atoms with Gasteiger partial charge < -0.3 is 15.6 Å². The molecule has 0 radical (unpaired) electrons. The maximum absolute atomic E-state index is 6.30. The number of fused-ring (bicyclic) bond motifs is 1. The first-order valence-corrected chi connectivity index (χ1v) is 10.5. The summed E-state index contributed by atoms with van der Waals surface area (Å²) in [5.41, 5.74) is 8.49. The number of nitrogens with two attached hydrogens (primary N) is 1. The van der Waals surface area contributed by atoms with Crippen LogP contribution < -0.4 is 11.1 Å². The molecular formula is C20H25ClN6S. The molecule has 0 saturated heterocycles. The molecule has 0 aliphatic rings. The Morgan fingerprint density at radius 2 is 2.11 bits per heavy atom. The molecule has 28 heavy (non-hydrogen) atoms. The third-order valence-electron chi connectivity index (χ3n) is 4.10. The SMILES string of the molecule is CC=Cc1cc(Cl)cc(Sc2nc3c(N)ncnc3n2CCCNC(C)C)c1. The summed E-state index contributed by atoms with van der Waals surface area (Å²) in [4.78, 5) is 14.2. The molecule has 0 fully saturated rings. The Kier molecular flexibility index (Phi) is 6.93. The molecule has 0 aliphatic heterocycles. The number of nitrogens with one attached hydrogen (secondary N) is 1. The molecule has 148 valence electrons. The molecule has 2 heterocycles. The highest BCUT2D eigenvalue weighted by atomic mass is 35.5. The lowest BCUT2D eigenvalue weighted by Crippen LogP contribution is -2.24. The van der Waals surface area contributed by atoms with Crippen LogP contribution in [-0.4, -0.2) is 32.1 Å². The first-order chi connectivity index (χ1) is 13.5.